The quantitative estimate of drug-likeness (QED) is 0.700. The summed E-state index contributed by atoms with van der Waals surface area (Å²) in [4.78, 5) is 0. The number of para-hydroxylation sites is 2. The maximum Gasteiger partial charge on any atom is 0.134 e. The Bertz CT molecular complexity index is 602. The Balaban J connectivity index is 2.19. The summed E-state index contributed by atoms with van der Waals surface area (Å²) >= 11 is 3.52. The molecule has 2 heteroatoms. The first-order valence-corrected chi connectivity index (χ1v) is 7.13. The number of halogens is 1. The normalized spacial score (nSPS) is 12.8. The zero-order valence-corrected chi connectivity index (χ0v) is 11.5. The van der Waals surface area contributed by atoms with Crippen LogP contribution in [0.15, 0.2) is 48.5 Å². The van der Waals surface area contributed by atoms with Crippen molar-refractivity contribution < 1.29 is 4.74 Å². The van der Waals surface area contributed by atoms with E-state index in [0.717, 1.165) is 28.8 Å². The average Bonchev–Trinajstić information content (AvgIpc) is 2.56. The SMILES string of the molecule is BrCCC1=Cc2ccccc2Oc2ccccc21. The summed E-state index contributed by atoms with van der Waals surface area (Å²) in [6.07, 6.45) is 3.22. The van der Waals surface area contributed by atoms with Gasteiger partial charge in [-0.05, 0) is 30.2 Å². The van der Waals surface area contributed by atoms with Crippen molar-refractivity contribution in [2.24, 2.45) is 0 Å². The number of benzene rings is 2. The topological polar surface area (TPSA) is 9.23 Å². The molecule has 1 aliphatic heterocycles. The van der Waals surface area contributed by atoms with Gasteiger partial charge in [-0.25, -0.2) is 0 Å². The fraction of sp³-hybridized carbons (Fsp3) is 0.125. The van der Waals surface area contributed by atoms with Crippen LogP contribution in [-0.4, -0.2) is 5.33 Å². The molecule has 0 aliphatic carbocycles. The molecule has 18 heavy (non-hydrogen) atoms. The molecule has 0 saturated carbocycles. The summed E-state index contributed by atoms with van der Waals surface area (Å²) in [5, 5.41) is 0.954. The molecule has 0 saturated heterocycles. The van der Waals surface area contributed by atoms with Gasteiger partial charge in [-0.1, -0.05) is 52.3 Å². The molecule has 2 aromatic rings. The lowest BCUT2D eigenvalue weighted by Gasteiger charge is -2.09. The highest BCUT2D eigenvalue weighted by atomic mass is 79.9. The third-order valence-electron chi connectivity index (χ3n) is 3.07. The molecule has 0 unspecified atom stereocenters. The first-order chi connectivity index (χ1) is 8.88. The Morgan fingerprint density at radius 1 is 0.889 bits per heavy atom. The third kappa shape index (κ3) is 2.08. The van der Waals surface area contributed by atoms with Gasteiger partial charge in [-0.2, -0.15) is 0 Å². The molecule has 0 N–H and O–H groups in total. The lowest BCUT2D eigenvalue weighted by atomic mass is 10.0. The zero-order valence-electron chi connectivity index (χ0n) is 9.90. The van der Waals surface area contributed by atoms with E-state index in [0.29, 0.717) is 0 Å². The van der Waals surface area contributed by atoms with Crippen LogP contribution < -0.4 is 4.74 Å². The summed E-state index contributed by atoms with van der Waals surface area (Å²) in [6, 6.07) is 16.4. The molecular weight excluding hydrogens is 288 g/mol. The van der Waals surface area contributed by atoms with Crippen molar-refractivity contribution in [1.29, 1.82) is 0 Å². The Morgan fingerprint density at radius 3 is 2.44 bits per heavy atom. The monoisotopic (exact) mass is 300 g/mol. The molecule has 0 bridgehead atoms. The second-order valence-corrected chi connectivity index (χ2v) is 5.04. The number of rotatable bonds is 2. The Labute approximate surface area is 115 Å². The van der Waals surface area contributed by atoms with Gasteiger partial charge in [0.2, 0.25) is 0 Å². The van der Waals surface area contributed by atoms with E-state index in [1.165, 1.54) is 11.1 Å². The highest BCUT2D eigenvalue weighted by Gasteiger charge is 2.15. The van der Waals surface area contributed by atoms with Crippen molar-refractivity contribution in [3.05, 3.63) is 59.7 Å². The lowest BCUT2D eigenvalue weighted by molar-refractivity contribution is 0.481. The van der Waals surface area contributed by atoms with E-state index >= 15 is 0 Å². The molecular formula is C16H13BrO. The van der Waals surface area contributed by atoms with E-state index in [1.807, 2.05) is 30.3 Å². The van der Waals surface area contributed by atoms with Gasteiger partial charge in [0.15, 0.2) is 0 Å². The molecule has 1 nitrogen and oxygen atoms in total. The van der Waals surface area contributed by atoms with Crippen molar-refractivity contribution in [3.63, 3.8) is 0 Å². The van der Waals surface area contributed by atoms with Crippen LogP contribution in [0.2, 0.25) is 0 Å². The Hall–Kier alpha value is -1.54. The van der Waals surface area contributed by atoms with Crippen LogP contribution in [0.25, 0.3) is 11.6 Å². The predicted molar refractivity (Wildman–Crippen MR) is 79.2 cm³/mol. The van der Waals surface area contributed by atoms with Crippen LogP contribution in [0.3, 0.4) is 0 Å². The van der Waals surface area contributed by atoms with E-state index in [9.17, 15) is 0 Å². The number of alkyl halides is 1. The van der Waals surface area contributed by atoms with Gasteiger partial charge in [-0.15, -0.1) is 0 Å². The highest BCUT2D eigenvalue weighted by Crippen LogP contribution is 2.38. The first kappa shape index (κ1) is 11.5. The molecule has 0 fully saturated rings. The van der Waals surface area contributed by atoms with E-state index in [4.69, 9.17) is 4.74 Å². The van der Waals surface area contributed by atoms with Crippen LogP contribution in [0, 0.1) is 0 Å². The van der Waals surface area contributed by atoms with Crippen LogP contribution in [0.5, 0.6) is 11.5 Å². The molecule has 3 rings (SSSR count). The van der Waals surface area contributed by atoms with Crippen LogP contribution in [0.1, 0.15) is 17.5 Å². The van der Waals surface area contributed by atoms with Crippen LogP contribution in [-0.2, 0) is 0 Å². The predicted octanol–water partition coefficient (Wildman–Crippen LogP) is 5.12. The second-order valence-electron chi connectivity index (χ2n) is 4.24. The summed E-state index contributed by atoms with van der Waals surface area (Å²) in [5.74, 6) is 1.86. The first-order valence-electron chi connectivity index (χ1n) is 6.01. The largest absolute Gasteiger partial charge is 0.456 e. The smallest absolute Gasteiger partial charge is 0.134 e. The van der Waals surface area contributed by atoms with Crippen molar-refractivity contribution >= 4 is 27.6 Å². The van der Waals surface area contributed by atoms with Gasteiger partial charge >= 0.3 is 0 Å². The van der Waals surface area contributed by atoms with Gasteiger partial charge in [-0.3, -0.25) is 0 Å². The minimum Gasteiger partial charge on any atom is -0.456 e. The van der Waals surface area contributed by atoms with E-state index in [-0.39, 0.29) is 0 Å². The summed E-state index contributed by atoms with van der Waals surface area (Å²) in [7, 11) is 0. The van der Waals surface area contributed by atoms with Gasteiger partial charge in [0.05, 0.1) is 0 Å². The molecule has 0 radical (unpaired) electrons. The molecule has 0 atom stereocenters. The van der Waals surface area contributed by atoms with Gasteiger partial charge in [0.1, 0.15) is 11.5 Å². The fourth-order valence-corrected chi connectivity index (χ4v) is 2.63. The van der Waals surface area contributed by atoms with Gasteiger partial charge < -0.3 is 4.74 Å². The minimum absolute atomic E-state index is 0.925. The maximum absolute atomic E-state index is 6.01. The maximum atomic E-state index is 6.01. The van der Waals surface area contributed by atoms with Crippen LogP contribution in [0.4, 0.5) is 0 Å². The summed E-state index contributed by atoms with van der Waals surface area (Å²) < 4.78 is 6.01. The minimum atomic E-state index is 0.925. The van der Waals surface area contributed by atoms with E-state index < -0.39 is 0 Å². The third-order valence-corrected chi connectivity index (χ3v) is 3.46. The molecule has 0 aromatic heterocycles. The number of hydrogen-bond acceptors (Lipinski definition) is 1. The molecule has 0 spiro atoms. The molecule has 1 heterocycles. The van der Waals surface area contributed by atoms with Crippen molar-refractivity contribution in [3.8, 4) is 11.5 Å². The molecule has 90 valence electrons. The molecule has 1 aliphatic rings. The number of ether oxygens (including phenoxy) is 1. The number of hydrogen-bond donors (Lipinski definition) is 0. The summed E-state index contributed by atoms with van der Waals surface area (Å²) in [6.45, 7) is 0. The molecule has 0 amide bonds. The van der Waals surface area contributed by atoms with E-state index in [2.05, 4.69) is 40.2 Å². The van der Waals surface area contributed by atoms with Crippen molar-refractivity contribution in [2.45, 2.75) is 6.42 Å². The Morgan fingerprint density at radius 2 is 1.61 bits per heavy atom. The Kier molecular flexibility index (Phi) is 3.20. The zero-order chi connectivity index (χ0) is 12.4. The second kappa shape index (κ2) is 4.99. The van der Waals surface area contributed by atoms with Gasteiger partial charge in [0, 0.05) is 16.5 Å². The van der Waals surface area contributed by atoms with Crippen molar-refractivity contribution in [2.75, 3.05) is 5.33 Å². The average molecular weight is 301 g/mol. The summed E-state index contributed by atoms with van der Waals surface area (Å²) in [5.41, 5.74) is 3.64. The fourth-order valence-electron chi connectivity index (χ4n) is 2.21. The van der Waals surface area contributed by atoms with Crippen LogP contribution >= 0.6 is 15.9 Å². The highest BCUT2D eigenvalue weighted by molar-refractivity contribution is 9.09. The standard InChI is InChI=1S/C16H13BrO/c17-10-9-12-11-13-5-1-3-7-15(13)18-16-8-4-2-6-14(12)16/h1-8,11H,9-10H2. The molecule has 2 aromatic carbocycles. The van der Waals surface area contributed by atoms with Crippen molar-refractivity contribution in [1.82, 2.24) is 0 Å². The number of allylic oxidation sites excluding steroid dienone is 1. The van der Waals surface area contributed by atoms with E-state index in [1.54, 1.807) is 0 Å². The number of fused-ring (bicyclic) bond motifs is 2. The van der Waals surface area contributed by atoms with Gasteiger partial charge in [0.25, 0.3) is 0 Å². The lowest BCUT2D eigenvalue weighted by Crippen LogP contribution is -1.89.